The number of carboxylic acids is 1. The Morgan fingerprint density at radius 2 is 2.12 bits per heavy atom. The van der Waals surface area contributed by atoms with Crippen LogP contribution in [0, 0.1) is 5.92 Å². The van der Waals surface area contributed by atoms with Crippen LogP contribution in [0.2, 0.25) is 0 Å². The Bertz CT molecular complexity index is 405. The van der Waals surface area contributed by atoms with Gasteiger partial charge < -0.3 is 10.4 Å². The van der Waals surface area contributed by atoms with E-state index in [2.05, 4.69) is 21.2 Å². The standard InChI is InChI=1S/C10H12BrNO3S/c1-5(10(14)15)6(2)12-9(13)7-3-8(11)16-4-7/h3-6H,1-2H3,(H,12,13)(H,14,15). The smallest absolute Gasteiger partial charge is 0.308 e. The Balaban J connectivity index is 2.61. The molecule has 1 aromatic rings. The van der Waals surface area contributed by atoms with Crippen LogP contribution in [0.1, 0.15) is 24.2 Å². The maximum absolute atomic E-state index is 11.7. The average Bonchev–Trinajstić information content (AvgIpc) is 2.63. The summed E-state index contributed by atoms with van der Waals surface area (Å²) in [5, 5.41) is 13.2. The summed E-state index contributed by atoms with van der Waals surface area (Å²) in [5.74, 6) is -1.77. The van der Waals surface area contributed by atoms with Gasteiger partial charge in [0.1, 0.15) is 0 Å². The van der Waals surface area contributed by atoms with E-state index in [9.17, 15) is 9.59 Å². The Hall–Kier alpha value is -0.880. The minimum Gasteiger partial charge on any atom is -0.481 e. The minimum atomic E-state index is -0.917. The first-order valence-corrected chi connectivity index (χ1v) is 6.36. The van der Waals surface area contributed by atoms with Gasteiger partial charge in [-0.25, -0.2) is 0 Å². The van der Waals surface area contributed by atoms with Crippen LogP contribution in [0.3, 0.4) is 0 Å². The summed E-state index contributed by atoms with van der Waals surface area (Å²) in [5.41, 5.74) is 0.543. The lowest BCUT2D eigenvalue weighted by Gasteiger charge is -2.17. The number of halogens is 1. The molecule has 2 unspecified atom stereocenters. The maximum Gasteiger partial charge on any atom is 0.308 e. The summed E-state index contributed by atoms with van der Waals surface area (Å²) < 4.78 is 0.872. The first kappa shape index (κ1) is 13.2. The largest absolute Gasteiger partial charge is 0.481 e. The summed E-state index contributed by atoms with van der Waals surface area (Å²) in [7, 11) is 0. The molecule has 16 heavy (non-hydrogen) atoms. The molecule has 0 bridgehead atoms. The number of carboxylic acid groups (broad SMARTS) is 1. The fraction of sp³-hybridized carbons (Fsp3) is 0.400. The molecule has 1 heterocycles. The average molecular weight is 306 g/mol. The molecular formula is C10H12BrNO3S. The zero-order valence-electron chi connectivity index (χ0n) is 8.86. The highest BCUT2D eigenvalue weighted by Crippen LogP contribution is 2.20. The first-order chi connectivity index (χ1) is 7.41. The van der Waals surface area contributed by atoms with Gasteiger partial charge in [0.15, 0.2) is 0 Å². The molecule has 0 aliphatic carbocycles. The van der Waals surface area contributed by atoms with Gasteiger partial charge in [-0.2, -0.15) is 0 Å². The molecule has 0 saturated carbocycles. The van der Waals surface area contributed by atoms with Crippen molar-refractivity contribution in [1.82, 2.24) is 5.32 Å². The summed E-state index contributed by atoms with van der Waals surface area (Å²) >= 11 is 4.68. The van der Waals surface area contributed by atoms with Gasteiger partial charge >= 0.3 is 5.97 Å². The number of thiophene rings is 1. The van der Waals surface area contributed by atoms with E-state index in [1.807, 2.05) is 0 Å². The lowest BCUT2D eigenvalue weighted by Crippen LogP contribution is -2.39. The van der Waals surface area contributed by atoms with Gasteiger partial charge in [0.2, 0.25) is 0 Å². The number of rotatable bonds is 4. The van der Waals surface area contributed by atoms with Gasteiger partial charge in [-0.3, -0.25) is 9.59 Å². The second-order valence-corrected chi connectivity index (χ2v) is 5.82. The fourth-order valence-corrected chi connectivity index (χ4v) is 2.19. The van der Waals surface area contributed by atoms with E-state index in [0.29, 0.717) is 5.56 Å². The van der Waals surface area contributed by atoms with Crippen molar-refractivity contribution in [1.29, 1.82) is 0 Å². The SMILES string of the molecule is CC(NC(=O)c1csc(Br)c1)C(C)C(=O)O. The van der Waals surface area contributed by atoms with Crippen molar-refractivity contribution in [3.8, 4) is 0 Å². The molecule has 0 aromatic carbocycles. The Kier molecular flexibility index (Phi) is 4.49. The van der Waals surface area contributed by atoms with Gasteiger partial charge in [-0.1, -0.05) is 0 Å². The van der Waals surface area contributed by atoms with Gasteiger partial charge in [0, 0.05) is 11.4 Å². The molecule has 2 N–H and O–H groups in total. The fourth-order valence-electron chi connectivity index (χ4n) is 1.06. The van der Waals surface area contributed by atoms with Crippen LogP contribution in [0.25, 0.3) is 0 Å². The van der Waals surface area contributed by atoms with Crippen molar-refractivity contribution < 1.29 is 14.7 Å². The molecular weight excluding hydrogens is 294 g/mol. The Morgan fingerprint density at radius 1 is 1.50 bits per heavy atom. The summed E-state index contributed by atoms with van der Waals surface area (Å²) in [6, 6.07) is 1.31. The second-order valence-electron chi connectivity index (χ2n) is 3.53. The van der Waals surface area contributed by atoms with Crippen molar-refractivity contribution in [2.75, 3.05) is 0 Å². The number of hydrogen-bond donors (Lipinski definition) is 2. The van der Waals surface area contributed by atoms with Crippen LogP contribution >= 0.6 is 27.3 Å². The quantitative estimate of drug-likeness (QED) is 0.897. The number of nitrogens with one attached hydrogen (secondary N) is 1. The third-order valence-electron chi connectivity index (χ3n) is 2.33. The van der Waals surface area contributed by atoms with Crippen molar-refractivity contribution in [3.63, 3.8) is 0 Å². The number of carbonyl (C=O) groups excluding carboxylic acids is 1. The van der Waals surface area contributed by atoms with Crippen LogP contribution in [-0.4, -0.2) is 23.0 Å². The molecule has 0 aliphatic heterocycles. The van der Waals surface area contributed by atoms with Crippen LogP contribution in [-0.2, 0) is 4.79 Å². The van der Waals surface area contributed by atoms with Gasteiger partial charge in [0.25, 0.3) is 5.91 Å². The third-order valence-corrected chi connectivity index (χ3v) is 3.83. The van der Waals surface area contributed by atoms with Crippen molar-refractivity contribution in [2.24, 2.45) is 5.92 Å². The lowest BCUT2D eigenvalue weighted by atomic mass is 10.0. The summed E-state index contributed by atoms with van der Waals surface area (Å²) in [6.45, 7) is 3.24. The van der Waals surface area contributed by atoms with E-state index >= 15 is 0 Å². The van der Waals surface area contributed by atoms with Gasteiger partial charge in [-0.15, -0.1) is 11.3 Å². The van der Waals surface area contributed by atoms with E-state index < -0.39 is 17.9 Å². The van der Waals surface area contributed by atoms with E-state index in [-0.39, 0.29) is 5.91 Å². The Labute approximate surface area is 106 Å². The number of carbonyl (C=O) groups is 2. The highest BCUT2D eigenvalue weighted by atomic mass is 79.9. The highest BCUT2D eigenvalue weighted by molar-refractivity contribution is 9.11. The van der Waals surface area contributed by atoms with E-state index in [0.717, 1.165) is 3.79 Å². The molecule has 88 valence electrons. The lowest BCUT2D eigenvalue weighted by molar-refractivity contribution is -0.141. The van der Waals surface area contributed by atoms with E-state index in [1.54, 1.807) is 25.3 Å². The van der Waals surface area contributed by atoms with Crippen molar-refractivity contribution >= 4 is 39.1 Å². The van der Waals surface area contributed by atoms with Crippen LogP contribution in [0.5, 0.6) is 0 Å². The molecule has 0 fully saturated rings. The first-order valence-electron chi connectivity index (χ1n) is 4.69. The monoisotopic (exact) mass is 305 g/mol. The molecule has 0 spiro atoms. The predicted octanol–water partition coefficient (Wildman–Crippen LogP) is 2.35. The number of aliphatic carboxylic acids is 1. The molecule has 1 amide bonds. The van der Waals surface area contributed by atoms with E-state index in [1.165, 1.54) is 11.3 Å². The van der Waals surface area contributed by atoms with Gasteiger partial charge in [0.05, 0.1) is 15.3 Å². The van der Waals surface area contributed by atoms with Crippen LogP contribution in [0.4, 0.5) is 0 Å². The number of amides is 1. The van der Waals surface area contributed by atoms with Crippen molar-refractivity contribution in [3.05, 3.63) is 20.8 Å². The molecule has 1 rings (SSSR count). The molecule has 6 heteroatoms. The van der Waals surface area contributed by atoms with Crippen molar-refractivity contribution in [2.45, 2.75) is 19.9 Å². The summed E-state index contributed by atoms with van der Waals surface area (Å²) in [4.78, 5) is 22.4. The minimum absolute atomic E-state index is 0.248. The normalized spacial score (nSPS) is 14.2. The molecule has 0 aliphatic rings. The van der Waals surface area contributed by atoms with E-state index in [4.69, 9.17) is 5.11 Å². The zero-order valence-corrected chi connectivity index (χ0v) is 11.3. The molecule has 2 atom stereocenters. The molecule has 0 radical (unpaired) electrons. The van der Waals surface area contributed by atoms with Crippen LogP contribution < -0.4 is 5.32 Å². The molecule has 1 aromatic heterocycles. The van der Waals surface area contributed by atoms with Gasteiger partial charge in [-0.05, 0) is 35.8 Å². The topological polar surface area (TPSA) is 66.4 Å². The molecule has 0 saturated heterocycles. The number of hydrogen-bond acceptors (Lipinski definition) is 3. The molecule has 4 nitrogen and oxygen atoms in total. The summed E-state index contributed by atoms with van der Waals surface area (Å²) in [6.07, 6.45) is 0. The Morgan fingerprint density at radius 3 is 2.56 bits per heavy atom. The highest BCUT2D eigenvalue weighted by Gasteiger charge is 2.21. The maximum atomic E-state index is 11.7. The predicted molar refractivity (Wildman–Crippen MR) is 65.7 cm³/mol. The second kappa shape index (κ2) is 5.45. The third kappa shape index (κ3) is 3.31. The van der Waals surface area contributed by atoms with Crippen LogP contribution in [0.15, 0.2) is 15.2 Å². The zero-order chi connectivity index (χ0) is 12.3.